The molecule has 2 N–H and O–H groups in total. The molecule has 19 heavy (non-hydrogen) atoms. The third-order valence-corrected chi connectivity index (χ3v) is 2.64. The molecule has 1 aromatic carbocycles. The van der Waals surface area contributed by atoms with E-state index in [1.807, 2.05) is 0 Å². The number of hydrogen-bond acceptors (Lipinski definition) is 4. The number of allylic oxidation sites excluding steroid dienone is 1. The van der Waals surface area contributed by atoms with Crippen LogP contribution in [0.25, 0.3) is 0 Å². The maximum absolute atomic E-state index is 11.8. The molecule has 0 saturated carbocycles. The minimum absolute atomic E-state index is 0.0417. The number of nitrogens with two attached hydrogens (primary N) is 1. The molecule has 5 heteroatoms. The molecule has 0 fully saturated rings. The number of rotatable bonds is 4. The topological polar surface area (TPSA) is 70.1 Å². The number of nitrogens with zero attached hydrogens (tertiary/aromatic N) is 2. The molecule has 0 saturated heterocycles. The van der Waals surface area contributed by atoms with Gasteiger partial charge in [0.2, 0.25) is 0 Å². The summed E-state index contributed by atoms with van der Waals surface area (Å²) >= 11 is 0. The monoisotopic (exact) mass is 257 g/mol. The van der Waals surface area contributed by atoms with Gasteiger partial charge >= 0.3 is 5.56 Å². The number of aryl methyl sites for hydroxylation is 1. The highest BCUT2D eigenvalue weighted by atomic mass is 16.5. The molecule has 0 unspecified atom stereocenters. The van der Waals surface area contributed by atoms with E-state index in [9.17, 15) is 4.79 Å². The van der Waals surface area contributed by atoms with E-state index in [-0.39, 0.29) is 11.4 Å². The molecule has 2 aromatic rings. The number of aromatic nitrogens is 2. The Morgan fingerprint density at radius 3 is 3.05 bits per heavy atom. The van der Waals surface area contributed by atoms with E-state index in [4.69, 9.17) is 10.5 Å². The van der Waals surface area contributed by atoms with Crippen molar-refractivity contribution in [1.29, 1.82) is 0 Å². The molecule has 0 atom stereocenters. The van der Waals surface area contributed by atoms with Gasteiger partial charge in [0.15, 0.2) is 0 Å². The molecule has 0 aliphatic carbocycles. The van der Waals surface area contributed by atoms with Gasteiger partial charge in [0, 0.05) is 30.7 Å². The Bertz CT molecular complexity index is 662. The Balaban J connectivity index is 2.40. The van der Waals surface area contributed by atoms with Gasteiger partial charge in [-0.05, 0) is 24.6 Å². The molecule has 0 spiro atoms. The van der Waals surface area contributed by atoms with Gasteiger partial charge in [0.25, 0.3) is 5.88 Å². The van der Waals surface area contributed by atoms with Crippen LogP contribution < -0.4 is 16.0 Å². The molecular formula is C14H15N3O2. The van der Waals surface area contributed by atoms with Crippen molar-refractivity contribution in [3.63, 3.8) is 0 Å². The minimum atomic E-state index is -0.288. The third-order valence-electron chi connectivity index (χ3n) is 2.64. The van der Waals surface area contributed by atoms with E-state index >= 15 is 0 Å². The lowest BCUT2D eigenvalue weighted by molar-refractivity contribution is 0.444. The first kappa shape index (κ1) is 12.9. The molecule has 5 nitrogen and oxygen atoms in total. The summed E-state index contributed by atoms with van der Waals surface area (Å²) in [5, 5.41) is 0. The van der Waals surface area contributed by atoms with Gasteiger partial charge in [-0.25, -0.2) is 4.98 Å². The van der Waals surface area contributed by atoms with Crippen molar-refractivity contribution in [1.82, 2.24) is 9.55 Å². The second kappa shape index (κ2) is 5.39. The van der Waals surface area contributed by atoms with E-state index < -0.39 is 0 Å². The zero-order valence-electron chi connectivity index (χ0n) is 10.7. The normalized spacial score (nSPS) is 10.2. The summed E-state index contributed by atoms with van der Waals surface area (Å²) in [6, 6.07) is 5.24. The zero-order valence-corrected chi connectivity index (χ0v) is 10.7. The molecule has 0 radical (unpaired) electrons. The summed E-state index contributed by atoms with van der Waals surface area (Å²) < 4.78 is 6.99. The van der Waals surface area contributed by atoms with Crippen LogP contribution in [0, 0.1) is 0 Å². The van der Waals surface area contributed by atoms with Gasteiger partial charge in [0.1, 0.15) is 5.75 Å². The van der Waals surface area contributed by atoms with Gasteiger partial charge < -0.3 is 15.0 Å². The Morgan fingerprint density at radius 1 is 1.53 bits per heavy atom. The lowest BCUT2D eigenvalue weighted by atomic mass is 10.1. The highest BCUT2D eigenvalue weighted by molar-refractivity contribution is 5.49. The molecule has 2 rings (SSSR count). The average molecular weight is 257 g/mol. The van der Waals surface area contributed by atoms with Crippen molar-refractivity contribution in [3.8, 4) is 11.6 Å². The number of ether oxygens (including phenoxy) is 1. The van der Waals surface area contributed by atoms with Crippen molar-refractivity contribution < 1.29 is 4.74 Å². The summed E-state index contributed by atoms with van der Waals surface area (Å²) in [6.07, 6.45) is 5.44. The van der Waals surface area contributed by atoms with Crippen molar-refractivity contribution >= 4 is 5.69 Å². The molecule has 1 aromatic heterocycles. The summed E-state index contributed by atoms with van der Waals surface area (Å²) in [6.45, 7) is 3.69. The molecule has 1 heterocycles. The predicted molar refractivity (Wildman–Crippen MR) is 74.3 cm³/mol. The minimum Gasteiger partial charge on any atom is -0.434 e. The molecule has 0 aliphatic rings. The van der Waals surface area contributed by atoms with E-state index in [1.54, 1.807) is 37.5 Å². The average Bonchev–Trinajstić information content (AvgIpc) is 2.38. The second-order valence-corrected chi connectivity index (χ2v) is 4.11. The first-order chi connectivity index (χ1) is 9.11. The van der Waals surface area contributed by atoms with Crippen molar-refractivity contribution in [2.24, 2.45) is 7.05 Å². The van der Waals surface area contributed by atoms with E-state index in [1.165, 1.54) is 10.8 Å². The molecule has 0 aliphatic heterocycles. The summed E-state index contributed by atoms with van der Waals surface area (Å²) in [4.78, 5) is 15.8. The molecule has 98 valence electrons. The molecule has 0 bridgehead atoms. The first-order valence-electron chi connectivity index (χ1n) is 5.80. The summed E-state index contributed by atoms with van der Waals surface area (Å²) in [5.41, 5.74) is 6.95. The number of nitrogen functional groups attached to an aromatic ring is 1. The number of anilines is 1. The van der Waals surface area contributed by atoms with E-state index in [2.05, 4.69) is 11.6 Å². The van der Waals surface area contributed by atoms with Crippen LogP contribution in [0.3, 0.4) is 0 Å². The number of hydrogen-bond donors (Lipinski definition) is 1. The highest BCUT2D eigenvalue weighted by Crippen LogP contribution is 2.25. The van der Waals surface area contributed by atoms with Crippen LogP contribution in [-0.2, 0) is 13.5 Å². The van der Waals surface area contributed by atoms with Crippen LogP contribution in [0.2, 0.25) is 0 Å². The van der Waals surface area contributed by atoms with Crippen LogP contribution in [0.5, 0.6) is 11.6 Å². The van der Waals surface area contributed by atoms with E-state index in [0.717, 1.165) is 5.56 Å². The van der Waals surface area contributed by atoms with Crippen LogP contribution in [0.1, 0.15) is 5.56 Å². The lowest BCUT2D eigenvalue weighted by Crippen LogP contribution is -2.18. The van der Waals surface area contributed by atoms with Crippen molar-refractivity contribution in [2.75, 3.05) is 5.73 Å². The van der Waals surface area contributed by atoms with E-state index in [0.29, 0.717) is 17.9 Å². The van der Waals surface area contributed by atoms with Crippen LogP contribution in [0.4, 0.5) is 5.69 Å². The lowest BCUT2D eigenvalue weighted by Gasteiger charge is -2.10. The quantitative estimate of drug-likeness (QED) is 0.670. The fourth-order valence-electron chi connectivity index (χ4n) is 1.66. The van der Waals surface area contributed by atoms with Gasteiger partial charge in [-0.1, -0.05) is 6.08 Å². The van der Waals surface area contributed by atoms with Crippen LogP contribution in [-0.4, -0.2) is 9.55 Å². The largest absolute Gasteiger partial charge is 0.434 e. The van der Waals surface area contributed by atoms with Gasteiger partial charge in [-0.3, -0.25) is 4.79 Å². The molecular weight excluding hydrogens is 242 g/mol. The second-order valence-electron chi connectivity index (χ2n) is 4.11. The van der Waals surface area contributed by atoms with Crippen molar-refractivity contribution in [3.05, 3.63) is 59.2 Å². The Morgan fingerprint density at radius 2 is 2.32 bits per heavy atom. The van der Waals surface area contributed by atoms with Gasteiger partial charge in [0.05, 0.1) is 0 Å². The SMILES string of the molecule is C=CCc1cc(N)ccc1Oc1nccn(C)c1=O. The Kier molecular flexibility index (Phi) is 3.66. The first-order valence-corrected chi connectivity index (χ1v) is 5.80. The fraction of sp³-hybridized carbons (Fsp3) is 0.143. The zero-order chi connectivity index (χ0) is 13.8. The van der Waals surface area contributed by atoms with Gasteiger partial charge in [-0.2, -0.15) is 0 Å². The third kappa shape index (κ3) is 2.82. The highest BCUT2D eigenvalue weighted by Gasteiger charge is 2.09. The predicted octanol–water partition coefficient (Wildman–Crippen LogP) is 1.88. The smallest absolute Gasteiger partial charge is 0.313 e. The van der Waals surface area contributed by atoms with Gasteiger partial charge in [-0.15, -0.1) is 6.58 Å². The fourth-order valence-corrected chi connectivity index (χ4v) is 1.66. The molecule has 0 amide bonds. The van der Waals surface area contributed by atoms with Crippen LogP contribution in [0.15, 0.2) is 48.0 Å². The standard InChI is InChI=1S/C14H15N3O2/c1-3-4-10-9-11(15)5-6-12(10)19-13-14(18)17(2)8-7-16-13/h3,5-9H,1,4,15H2,2H3. The number of benzene rings is 1. The van der Waals surface area contributed by atoms with Crippen molar-refractivity contribution in [2.45, 2.75) is 6.42 Å². The maximum atomic E-state index is 11.8. The maximum Gasteiger partial charge on any atom is 0.313 e. The Labute approximate surface area is 111 Å². The summed E-state index contributed by atoms with van der Waals surface area (Å²) in [5.74, 6) is 0.602. The van der Waals surface area contributed by atoms with Crippen LogP contribution >= 0.6 is 0 Å². The Hall–Kier alpha value is -2.56. The summed E-state index contributed by atoms with van der Waals surface area (Å²) in [7, 11) is 1.64.